The number of rotatable bonds is 4. The molecule has 2 rings (SSSR count). The Morgan fingerprint density at radius 1 is 1.47 bits per heavy atom. The van der Waals surface area contributed by atoms with Gasteiger partial charge in [0.2, 0.25) is 5.88 Å². The standard InChI is InChI=1S/C12H13ClN2OS/c1-16-12-9(3-2-6-15-12)10(14)7-8-4-5-11(13)17-8/h2-6,10H,7,14H2,1H3. The fourth-order valence-corrected chi connectivity index (χ4v) is 2.79. The van der Waals surface area contributed by atoms with Gasteiger partial charge in [-0.2, -0.15) is 0 Å². The molecule has 1 atom stereocenters. The first-order valence-corrected chi connectivity index (χ1v) is 6.39. The van der Waals surface area contributed by atoms with Gasteiger partial charge >= 0.3 is 0 Å². The first-order chi connectivity index (χ1) is 8.20. The Morgan fingerprint density at radius 2 is 2.29 bits per heavy atom. The van der Waals surface area contributed by atoms with Crippen LogP contribution in [0.1, 0.15) is 16.5 Å². The lowest BCUT2D eigenvalue weighted by Gasteiger charge is -2.13. The van der Waals surface area contributed by atoms with Crippen molar-refractivity contribution in [2.75, 3.05) is 7.11 Å². The summed E-state index contributed by atoms with van der Waals surface area (Å²) in [6.45, 7) is 0. The normalized spacial score (nSPS) is 12.4. The number of thiophene rings is 1. The minimum absolute atomic E-state index is 0.131. The smallest absolute Gasteiger partial charge is 0.217 e. The molecule has 0 aromatic carbocycles. The van der Waals surface area contributed by atoms with Crippen LogP contribution in [0.4, 0.5) is 0 Å². The highest BCUT2D eigenvalue weighted by atomic mass is 35.5. The van der Waals surface area contributed by atoms with Crippen LogP contribution in [0.25, 0.3) is 0 Å². The third-order valence-electron chi connectivity index (χ3n) is 2.44. The number of hydrogen-bond donors (Lipinski definition) is 1. The second-order valence-corrected chi connectivity index (χ2v) is 5.42. The summed E-state index contributed by atoms with van der Waals surface area (Å²) in [5, 5.41) is 0. The van der Waals surface area contributed by atoms with Gasteiger partial charge in [0.15, 0.2) is 0 Å². The van der Waals surface area contributed by atoms with Gasteiger partial charge in [0, 0.05) is 29.1 Å². The zero-order valence-corrected chi connectivity index (χ0v) is 11.0. The van der Waals surface area contributed by atoms with Crippen molar-refractivity contribution in [3.05, 3.63) is 45.2 Å². The van der Waals surface area contributed by atoms with E-state index in [1.807, 2.05) is 24.3 Å². The SMILES string of the molecule is COc1ncccc1C(N)Cc1ccc(Cl)s1. The minimum atomic E-state index is -0.131. The fraction of sp³-hybridized carbons (Fsp3) is 0.250. The highest BCUT2D eigenvalue weighted by Gasteiger charge is 2.14. The molecule has 0 aliphatic rings. The molecule has 5 heteroatoms. The van der Waals surface area contributed by atoms with Crippen LogP contribution in [0.15, 0.2) is 30.5 Å². The zero-order chi connectivity index (χ0) is 12.3. The van der Waals surface area contributed by atoms with E-state index in [2.05, 4.69) is 4.98 Å². The van der Waals surface area contributed by atoms with Crippen LogP contribution in [0, 0.1) is 0 Å². The summed E-state index contributed by atoms with van der Waals surface area (Å²) >= 11 is 7.44. The summed E-state index contributed by atoms with van der Waals surface area (Å²) in [7, 11) is 1.60. The molecule has 0 aliphatic heterocycles. The molecular weight excluding hydrogens is 256 g/mol. The fourth-order valence-electron chi connectivity index (χ4n) is 1.64. The quantitative estimate of drug-likeness (QED) is 0.927. The van der Waals surface area contributed by atoms with Gasteiger partial charge in [-0.3, -0.25) is 0 Å². The number of halogens is 1. The van der Waals surface area contributed by atoms with E-state index >= 15 is 0 Å². The molecule has 0 amide bonds. The second-order valence-electron chi connectivity index (χ2n) is 3.62. The average molecular weight is 269 g/mol. The van der Waals surface area contributed by atoms with E-state index in [4.69, 9.17) is 22.1 Å². The summed E-state index contributed by atoms with van der Waals surface area (Å²) in [5.74, 6) is 0.586. The van der Waals surface area contributed by atoms with Gasteiger partial charge in [-0.1, -0.05) is 17.7 Å². The van der Waals surface area contributed by atoms with Crippen LogP contribution >= 0.6 is 22.9 Å². The molecule has 0 fully saturated rings. The van der Waals surface area contributed by atoms with E-state index in [0.29, 0.717) is 5.88 Å². The number of nitrogens with two attached hydrogens (primary N) is 1. The highest BCUT2D eigenvalue weighted by Crippen LogP contribution is 2.28. The molecule has 3 nitrogen and oxygen atoms in total. The summed E-state index contributed by atoms with van der Waals surface area (Å²) in [4.78, 5) is 5.30. The molecule has 0 aliphatic carbocycles. The van der Waals surface area contributed by atoms with Gasteiger partial charge in [0.25, 0.3) is 0 Å². The minimum Gasteiger partial charge on any atom is -0.481 e. The number of pyridine rings is 1. The number of aromatic nitrogens is 1. The van der Waals surface area contributed by atoms with Crippen LogP contribution in [0.3, 0.4) is 0 Å². The first kappa shape index (κ1) is 12.4. The Morgan fingerprint density at radius 3 is 2.94 bits per heavy atom. The van der Waals surface area contributed by atoms with E-state index in [-0.39, 0.29) is 6.04 Å². The monoisotopic (exact) mass is 268 g/mol. The predicted octanol–water partition coefficient (Wildman–Crippen LogP) is 3.05. The molecule has 1 unspecified atom stereocenters. The molecule has 0 bridgehead atoms. The molecule has 2 N–H and O–H groups in total. The first-order valence-electron chi connectivity index (χ1n) is 5.19. The van der Waals surface area contributed by atoms with Crippen LogP contribution in [0.2, 0.25) is 4.34 Å². The zero-order valence-electron chi connectivity index (χ0n) is 9.39. The van der Waals surface area contributed by atoms with Crippen molar-refractivity contribution in [1.29, 1.82) is 0 Å². The average Bonchev–Trinajstić information content (AvgIpc) is 2.74. The highest BCUT2D eigenvalue weighted by molar-refractivity contribution is 7.16. The third-order valence-corrected chi connectivity index (χ3v) is 3.70. The van der Waals surface area contributed by atoms with Gasteiger partial charge in [-0.25, -0.2) is 4.98 Å². The predicted molar refractivity (Wildman–Crippen MR) is 70.8 cm³/mol. The molecule has 0 saturated heterocycles. The summed E-state index contributed by atoms with van der Waals surface area (Å²) in [5.41, 5.74) is 7.07. The maximum absolute atomic E-state index is 6.16. The molecule has 17 heavy (non-hydrogen) atoms. The van der Waals surface area contributed by atoms with Gasteiger partial charge < -0.3 is 10.5 Å². The van der Waals surface area contributed by atoms with Crippen LogP contribution in [-0.2, 0) is 6.42 Å². The Bertz CT molecular complexity index is 501. The lowest BCUT2D eigenvalue weighted by Crippen LogP contribution is -2.14. The Labute approximate surface area is 109 Å². The number of hydrogen-bond acceptors (Lipinski definition) is 4. The molecule has 2 aromatic rings. The van der Waals surface area contributed by atoms with E-state index in [0.717, 1.165) is 21.2 Å². The van der Waals surface area contributed by atoms with Gasteiger partial charge in [-0.15, -0.1) is 11.3 Å². The number of methoxy groups -OCH3 is 1. The number of nitrogens with zero attached hydrogens (tertiary/aromatic N) is 1. The summed E-state index contributed by atoms with van der Waals surface area (Å²) in [6, 6.07) is 7.54. The van der Waals surface area contributed by atoms with Gasteiger partial charge in [-0.05, 0) is 18.2 Å². The van der Waals surface area contributed by atoms with Gasteiger partial charge in [0.1, 0.15) is 0 Å². The molecule has 0 spiro atoms. The lowest BCUT2D eigenvalue weighted by molar-refractivity contribution is 0.388. The van der Waals surface area contributed by atoms with Crippen LogP contribution < -0.4 is 10.5 Å². The van der Waals surface area contributed by atoms with Crippen molar-refractivity contribution in [1.82, 2.24) is 4.98 Å². The van der Waals surface area contributed by atoms with Crippen molar-refractivity contribution < 1.29 is 4.74 Å². The topological polar surface area (TPSA) is 48.1 Å². The Hall–Kier alpha value is -1.10. The van der Waals surface area contributed by atoms with E-state index in [9.17, 15) is 0 Å². The van der Waals surface area contributed by atoms with E-state index in [1.54, 1.807) is 24.6 Å². The van der Waals surface area contributed by atoms with Crippen molar-refractivity contribution in [3.8, 4) is 5.88 Å². The van der Waals surface area contributed by atoms with Gasteiger partial charge in [0.05, 0.1) is 11.4 Å². The summed E-state index contributed by atoms with van der Waals surface area (Å²) < 4.78 is 5.98. The Balaban J connectivity index is 2.16. The Kier molecular flexibility index (Phi) is 3.99. The largest absolute Gasteiger partial charge is 0.481 e. The molecule has 0 radical (unpaired) electrons. The van der Waals surface area contributed by atoms with Crippen LogP contribution in [-0.4, -0.2) is 12.1 Å². The van der Waals surface area contributed by atoms with E-state index < -0.39 is 0 Å². The second kappa shape index (κ2) is 5.49. The molecule has 2 heterocycles. The van der Waals surface area contributed by atoms with Crippen LogP contribution in [0.5, 0.6) is 5.88 Å². The maximum atomic E-state index is 6.16. The molecular formula is C12H13ClN2OS. The summed E-state index contributed by atoms with van der Waals surface area (Å²) in [6.07, 6.45) is 2.43. The maximum Gasteiger partial charge on any atom is 0.217 e. The lowest BCUT2D eigenvalue weighted by atomic mass is 10.1. The molecule has 2 aromatic heterocycles. The van der Waals surface area contributed by atoms with Crippen molar-refractivity contribution >= 4 is 22.9 Å². The van der Waals surface area contributed by atoms with E-state index in [1.165, 1.54) is 0 Å². The van der Waals surface area contributed by atoms with Crippen molar-refractivity contribution in [2.45, 2.75) is 12.5 Å². The third kappa shape index (κ3) is 2.97. The molecule has 90 valence electrons. The molecule has 0 saturated carbocycles. The number of ether oxygens (including phenoxy) is 1. The van der Waals surface area contributed by atoms with Crippen molar-refractivity contribution in [3.63, 3.8) is 0 Å². The van der Waals surface area contributed by atoms with Crippen molar-refractivity contribution in [2.24, 2.45) is 5.73 Å².